The fraction of sp³-hybridized carbons (Fsp3) is 0.182. The number of aromatic nitrogens is 1. The molecule has 3 aromatic rings. The van der Waals surface area contributed by atoms with Gasteiger partial charge in [0.05, 0.1) is 0 Å². The molecule has 26 heavy (non-hydrogen) atoms. The minimum atomic E-state index is -0.281. The molecule has 0 saturated carbocycles. The Morgan fingerprint density at radius 3 is 2.50 bits per heavy atom. The topological polar surface area (TPSA) is 45.2 Å². The lowest BCUT2D eigenvalue weighted by Crippen LogP contribution is -2.33. The van der Waals surface area contributed by atoms with Gasteiger partial charge in [-0.3, -0.25) is 9.69 Å². The van der Waals surface area contributed by atoms with Crippen molar-refractivity contribution in [3.05, 3.63) is 88.6 Å². The normalized spacial score (nSPS) is 15.9. The second-order valence-corrected chi connectivity index (χ2v) is 6.80. The molecule has 0 radical (unpaired) electrons. The van der Waals surface area contributed by atoms with E-state index < -0.39 is 0 Å². The molecule has 1 unspecified atom stereocenters. The highest BCUT2D eigenvalue weighted by atomic mass is 16.2. The van der Waals surface area contributed by atoms with Gasteiger partial charge in [0.2, 0.25) is 0 Å². The number of nitrogens with one attached hydrogen (secondary N) is 1. The van der Waals surface area contributed by atoms with E-state index in [4.69, 9.17) is 0 Å². The van der Waals surface area contributed by atoms with E-state index in [2.05, 4.69) is 42.3 Å². The Balaban J connectivity index is 1.77. The van der Waals surface area contributed by atoms with Crippen molar-refractivity contribution < 1.29 is 4.79 Å². The van der Waals surface area contributed by atoms with E-state index in [9.17, 15) is 4.79 Å². The standard InChI is InChI=1S/C22H21N3O/c1-14-8-11-20(23-13-14)25-21(18-6-4-5-7-19(18)22(25)26)24-17-10-9-15(2)16(3)12-17/h4-13,21,24H,1-3H3. The number of hydrogen-bond acceptors (Lipinski definition) is 3. The maximum atomic E-state index is 13.0. The Kier molecular flexibility index (Phi) is 3.96. The molecule has 4 nitrogen and oxygen atoms in total. The number of amides is 1. The van der Waals surface area contributed by atoms with Gasteiger partial charge in [-0.1, -0.05) is 30.3 Å². The Morgan fingerprint density at radius 1 is 0.962 bits per heavy atom. The number of benzene rings is 2. The maximum Gasteiger partial charge on any atom is 0.261 e. The van der Waals surface area contributed by atoms with Crippen LogP contribution in [0.2, 0.25) is 0 Å². The fourth-order valence-electron chi connectivity index (χ4n) is 3.29. The number of anilines is 2. The lowest BCUT2D eigenvalue weighted by molar-refractivity contribution is 0.0992. The van der Waals surface area contributed by atoms with Crippen LogP contribution < -0.4 is 10.2 Å². The van der Waals surface area contributed by atoms with E-state index in [1.54, 1.807) is 11.1 Å². The molecule has 0 fully saturated rings. The van der Waals surface area contributed by atoms with Gasteiger partial charge in [0.15, 0.2) is 0 Å². The summed E-state index contributed by atoms with van der Waals surface area (Å²) in [5, 5.41) is 3.52. The van der Waals surface area contributed by atoms with Crippen LogP contribution >= 0.6 is 0 Å². The predicted molar refractivity (Wildman–Crippen MR) is 105 cm³/mol. The molecule has 130 valence electrons. The monoisotopic (exact) mass is 343 g/mol. The Bertz CT molecular complexity index is 979. The van der Waals surface area contributed by atoms with E-state index in [1.165, 1.54) is 11.1 Å². The molecule has 1 N–H and O–H groups in total. The van der Waals surface area contributed by atoms with Crippen molar-refractivity contribution in [3.63, 3.8) is 0 Å². The lowest BCUT2D eigenvalue weighted by Gasteiger charge is -2.26. The average molecular weight is 343 g/mol. The maximum absolute atomic E-state index is 13.0. The van der Waals surface area contributed by atoms with Crippen LogP contribution in [0.3, 0.4) is 0 Å². The molecular weight excluding hydrogens is 322 g/mol. The van der Waals surface area contributed by atoms with Crippen molar-refractivity contribution in [2.45, 2.75) is 26.9 Å². The Hall–Kier alpha value is -3.14. The van der Waals surface area contributed by atoms with E-state index in [0.29, 0.717) is 5.82 Å². The number of nitrogens with zero attached hydrogens (tertiary/aromatic N) is 2. The number of fused-ring (bicyclic) bond motifs is 1. The number of rotatable bonds is 3. The molecule has 1 atom stereocenters. The third kappa shape index (κ3) is 2.73. The van der Waals surface area contributed by atoms with Gasteiger partial charge in [-0.15, -0.1) is 0 Å². The zero-order valence-electron chi connectivity index (χ0n) is 15.2. The van der Waals surface area contributed by atoms with Crippen LogP contribution in [0.15, 0.2) is 60.8 Å². The van der Waals surface area contributed by atoms with Crippen LogP contribution in [0.25, 0.3) is 0 Å². The van der Waals surface area contributed by atoms with Crippen molar-refractivity contribution in [1.29, 1.82) is 0 Å². The lowest BCUT2D eigenvalue weighted by atomic mass is 10.1. The molecule has 2 heterocycles. The Morgan fingerprint density at radius 2 is 1.77 bits per heavy atom. The van der Waals surface area contributed by atoms with Crippen LogP contribution in [0.1, 0.15) is 38.8 Å². The minimum absolute atomic E-state index is 0.0294. The number of carbonyl (C=O) groups is 1. The third-order valence-corrected chi connectivity index (χ3v) is 4.92. The number of aryl methyl sites for hydroxylation is 3. The summed E-state index contributed by atoms with van der Waals surface area (Å²) >= 11 is 0. The number of hydrogen-bond donors (Lipinski definition) is 1. The third-order valence-electron chi connectivity index (χ3n) is 4.92. The molecule has 4 heteroatoms. The van der Waals surface area contributed by atoms with Gasteiger partial charge in [0, 0.05) is 23.0 Å². The van der Waals surface area contributed by atoms with Crippen LogP contribution in [0, 0.1) is 20.8 Å². The van der Waals surface area contributed by atoms with Crippen molar-refractivity contribution >= 4 is 17.4 Å². The highest BCUT2D eigenvalue weighted by molar-refractivity contribution is 6.11. The van der Waals surface area contributed by atoms with Crippen molar-refractivity contribution in [2.24, 2.45) is 0 Å². The molecule has 1 amide bonds. The van der Waals surface area contributed by atoms with Crippen molar-refractivity contribution in [3.8, 4) is 0 Å². The molecule has 0 saturated heterocycles. The van der Waals surface area contributed by atoms with E-state index in [0.717, 1.165) is 22.4 Å². The minimum Gasteiger partial charge on any atom is -0.361 e. The molecule has 0 spiro atoms. The van der Waals surface area contributed by atoms with Gasteiger partial charge in [0.25, 0.3) is 5.91 Å². The second-order valence-electron chi connectivity index (χ2n) is 6.80. The van der Waals surface area contributed by atoms with Crippen molar-refractivity contribution in [1.82, 2.24) is 4.98 Å². The van der Waals surface area contributed by atoms with Gasteiger partial charge >= 0.3 is 0 Å². The quantitative estimate of drug-likeness (QED) is 0.744. The van der Waals surface area contributed by atoms with Gasteiger partial charge in [-0.05, 0) is 61.7 Å². The summed E-state index contributed by atoms with van der Waals surface area (Å²) in [4.78, 5) is 19.3. The molecular formula is C22H21N3O. The smallest absolute Gasteiger partial charge is 0.261 e. The molecule has 1 aromatic heterocycles. The van der Waals surface area contributed by atoms with Crippen LogP contribution in [0.5, 0.6) is 0 Å². The summed E-state index contributed by atoms with van der Waals surface area (Å²) in [6.07, 6.45) is 1.51. The summed E-state index contributed by atoms with van der Waals surface area (Å²) in [5.74, 6) is 0.622. The summed E-state index contributed by atoms with van der Waals surface area (Å²) in [7, 11) is 0. The first-order chi connectivity index (χ1) is 12.5. The first-order valence-corrected chi connectivity index (χ1v) is 8.73. The van der Waals surface area contributed by atoms with Crippen LogP contribution in [-0.4, -0.2) is 10.9 Å². The molecule has 1 aliphatic rings. The zero-order valence-corrected chi connectivity index (χ0v) is 15.2. The van der Waals surface area contributed by atoms with E-state index >= 15 is 0 Å². The first-order valence-electron chi connectivity index (χ1n) is 8.73. The van der Waals surface area contributed by atoms with Gasteiger partial charge in [0.1, 0.15) is 12.0 Å². The highest BCUT2D eigenvalue weighted by Crippen LogP contribution is 2.37. The molecule has 1 aliphatic heterocycles. The zero-order chi connectivity index (χ0) is 18.3. The summed E-state index contributed by atoms with van der Waals surface area (Å²) < 4.78 is 0. The fourth-order valence-corrected chi connectivity index (χ4v) is 3.29. The molecule has 4 rings (SSSR count). The first kappa shape index (κ1) is 16.3. The summed E-state index contributed by atoms with van der Waals surface area (Å²) in [6.45, 7) is 6.17. The largest absolute Gasteiger partial charge is 0.361 e. The SMILES string of the molecule is Cc1ccc(N2C(=O)c3ccccc3C2Nc2ccc(C)c(C)c2)nc1. The van der Waals surface area contributed by atoms with Crippen LogP contribution in [0.4, 0.5) is 11.5 Å². The summed E-state index contributed by atoms with van der Waals surface area (Å²) in [5.41, 5.74) is 6.20. The Labute approximate surface area is 153 Å². The van der Waals surface area contributed by atoms with Gasteiger partial charge < -0.3 is 5.32 Å². The summed E-state index contributed by atoms with van der Waals surface area (Å²) in [6, 6.07) is 17.9. The number of carbonyl (C=O) groups excluding carboxylic acids is 1. The van der Waals surface area contributed by atoms with Gasteiger partial charge in [-0.2, -0.15) is 0 Å². The van der Waals surface area contributed by atoms with E-state index in [1.807, 2.05) is 43.3 Å². The van der Waals surface area contributed by atoms with Gasteiger partial charge in [-0.25, -0.2) is 4.98 Å². The second kappa shape index (κ2) is 6.30. The van der Waals surface area contributed by atoms with Crippen LogP contribution in [-0.2, 0) is 0 Å². The predicted octanol–water partition coefficient (Wildman–Crippen LogP) is 4.78. The van der Waals surface area contributed by atoms with Crippen molar-refractivity contribution in [2.75, 3.05) is 10.2 Å². The molecule has 2 aromatic carbocycles. The molecule has 0 aliphatic carbocycles. The molecule has 0 bridgehead atoms. The number of pyridine rings is 1. The average Bonchev–Trinajstić information content (AvgIpc) is 2.92. The highest BCUT2D eigenvalue weighted by Gasteiger charge is 2.38. The van der Waals surface area contributed by atoms with E-state index in [-0.39, 0.29) is 12.1 Å².